The normalized spacial score (nSPS) is 12.7. The molecule has 0 radical (unpaired) electrons. The summed E-state index contributed by atoms with van der Waals surface area (Å²) >= 11 is 1.79. The Morgan fingerprint density at radius 2 is 2.14 bits per heavy atom. The molecular weight excluding hydrogens is 282 g/mol. The van der Waals surface area contributed by atoms with Gasteiger partial charge in [-0.05, 0) is 44.8 Å². The van der Waals surface area contributed by atoms with Crippen molar-refractivity contribution in [2.75, 3.05) is 13.6 Å². The number of fused-ring (bicyclic) bond motifs is 1. The van der Waals surface area contributed by atoms with Gasteiger partial charge in [0.15, 0.2) is 11.3 Å². The Kier molecular flexibility index (Phi) is 4.27. The molecule has 1 N–H and O–H groups in total. The number of ether oxygens (including phenoxy) is 1. The number of nitrogens with one attached hydrogen (secondary N) is 1. The number of aryl methyl sites for hydroxylation is 1. The van der Waals surface area contributed by atoms with E-state index in [2.05, 4.69) is 24.4 Å². The molecule has 2 heterocycles. The average Bonchev–Trinajstić information content (AvgIpc) is 3.12. The number of para-hydroxylation sites is 1. The first-order chi connectivity index (χ1) is 10.3. The van der Waals surface area contributed by atoms with Gasteiger partial charge in [-0.15, -0.1) is 11.3 Å². The van der Waals surface area contributed by atoms with Crippen LogP contribution in [0.25, 0.3) is 11.0 Å². The lowest BCUT2D eigenvalue weighted by molar-refractivity contribution is 0.199. The van der Waals surface area contributed by atoms with Crippen molar-refractivity contribution in [3.63, 3.8) is 0 Å². The summed E-state index contributed by atoms with van der Waals surface area (Å²) in [6.07, 6.45) is 2.68. The van der Waals surface area contributed by atoms with Gasteiger partial charge in [0.25, 0.3) is 0 Å². The lowest BCUT2D eigenvalue weighted by atomic mass is 10.2. The van der Waals surface area contributed by atoms with E-state index in [1.807, 2.05) is 31.3 Å². The minimum atomic E-state index is 0.0480. The fraction of sp³-hybridized carbons (Fsp3) is 0.294. The smallest absolute Gasteiger partial charge is 0.175 e. The van der Waals surface area contributed by atoms with Crippen LogP contribution in [0.15, 0.2) is 47.1 Å². The Bertz CT molecular complexity index is 716. The highest BCUT2D eigenvalue weighted by Crippen LogP contribution is 2.33. The van der Waals surface area contributed by atoms with Crippen LogP contribution in [-0.2, 0) is 0 Å². The van der Waals surface area contributed by atoms with Crippen molar-refractivity contribution in [3.05, 3.63) is 52.4 Å². The number of benzene rings is 1. The van der Waals surface area contributed by atoms with E-state index in [9.17, 15) is 0 Å². The van der Waals surface area contributed by atoms with Gasteiger partial charge < -0.3 is 14.5 Å². The molecule has 0 aliphatic rings. The lowest BCUT2D eigenvalue weighted by Gasteiger charge is -2.18. The van der Waals surface area contributed by atoms with Crippen molar-refractivity contribution in [2.24, 2.45) is 0 Å². The molecule has 0 saturated heterocycles. The maximum atomic E-state index is 6.26. The van der Waals surface area contributed by atoms with E-state index < -0.39 is 0 Å². The van der Waals surface area contributed by atoms with Crippen molar-refractivity contribution in [1.82, 2.24) is 5.32 Å². The molecular formula is C17H19NO2S. The second kappa shape index (κ2) is 6.33. The van der Waals surface area contributed by atoms with Gasteiger partial charge in [0.05, 0.1) is 6.26 Å². The summed E-state index contributed by atoms with van der Waals surface area (Å²) in [6, 6.07) is 12.3. The lowest BCUT2D eigenvalue weighted by Crippen LogP contribution is -2.15. The van der Waals surface area contributed by atoms with Gasteiger partial charge in [-0.1, -0.05) is 12.1 Å². The monoisotopic (exact) mass is 301 g/mol. The fourth-order valence-electron chi connectivity index (χ4n) is 2.37. The number of furan rings is 1. The largest absolute Gasteiger partial charge is 0.481 e. The summed E-state index contributed by atoms with van der Waals surface area (Å²) in [4.78, 5) is 2.56. The number of hydrogen-bond acceptors (Lipinski definition) is 4. The van der Waals surface area contributed by atoms with Gasteiger partial charge in [0.1, 0.15) is 6.10 Å². The molecule has 0 unspecified atom stereocenters. The van der Waals surface area contributed by atoms with Crippen molar-refractivity contribution in [2.45, 2.75) is 19.4 Å². The number of thiophene rings is 1. The van der Waals surface area contributed by atoms with Gasteiger partial charge in [0.2, 0.25) is 0 Å². The molecule has 0 amide bonds. The van der Waals surface area contributed by atoms with Crippen LogP contribution in [0.1, 0.15) is 22.3 Å². The number of hydrogen-bond donors (Lipinski definition) is 1. The van der Waals surface area contributed by atoms with E-state index in [0.717, 1.165) is 29.7 Å². The first-order valence-corrected chi connectivity index (χ1v) is 7.93. The van der Waals surface area contributed by atoms with Crippen LogP contribution in [0.3, 0.4) is 0 Å². The van der Waals surface area contributed by atoms with Gasteiger partial charge in [0, 0.05) is 21.6 Å². The molecule has 1 atom stereocenters. The first-order valence-electron chi connectivity index (χ1n) is 7.12. The Hall–Kier alpha value is -1.78. The van der Waals surface area contributed by atoms with E-state index >= 15 is 0 Å². The predicted molar refractivity (Wildman–Crippen MR) is 87.2 cm³/mol. The highest BCUT2D eigenvalue weighted by Gasteiger charge is 2.17. The maximum Gasteiger partial charge on any atom is 0.175 e. The molecule has 0 saturated carbocycles. The van der Waals surface area contributed by atoms with E-state index in [0.29, 0.717) is 0 Å². The van der Waals surface area contributed by atoms with Crippen LogP contribution in [0.2, 0.25) is 0 Å². The average molecular weight is 301 g/mol. The maximum absolute atomic E-state index is 6.26. The molecule has 0 aliphatic carbocycles. The summed E-state index contributed by atoms with van der Waals surface area (Å²) in [7, 11) is 1.96. The molecule has 21 heavy (non-hydrogen) atoms. The van der Waals surface area contributed by atoms with Crippen molar-refractivity contribution < 1.29 is 9.15 Å². The first kappa shape index (κ1) is 14.2. The van der Waals surface area contributed by atoms with E-state index in [1.165, 1.54) is 9.75 Å². The Labute approximate surface area is 128 Å². The molecule has 110 valence electrons. The summed E-state index contributed by atoms with van der Waals surface area (Å²) in [5.74, 6) is 0.810. The second-order valence-corrected chi connectivity index (χ2v) is 6.36. The quantitative estimate of drug-likeness (QED) is 0.726. The molecule has 1 aromatic carbocycles. The fourth-order valence-corrected chi connectivity index (χ4v) is 3.31. The molecule has 0 aliphatic heterocycles. The van der Waals surface area contributed by atoms with E-state index in [1.54, 1.807) is 17.6 Å². The number of rotatable bonds is 6. The topological polar surface area (TPSA) is 34.4 Å². The van der Waals surface area contributed by atoms with Crippen molar-refractivity contribution in [3.8, 4) is 5.75 Å². The highest BCUT2D eigenvalue weighted by molar-refractivity contribution is 7.12. The molecule has 0 fully saturated rings. The van der Waals surface area contributed by atoms with Crippen molar-refractivity contribution >= 4 is 22.3 Å². The van der Waals surface area contributed by atoms with Gasteiger partial charge in [-0.3, -0.25) is 0 Å². The van der Waals surface area contributed by atoms with Crippen LogP contribution < -0.4 is 10.1 Å². The molecule has 4 heteroatoms. The highest BCUT2D eigenvalue weighted by atomic mass is 32.1. The molecule has 0 spiro atoms. The van der Waals surface area contributed by atoms with Gasteiger partial charge >= 0.3 is 0 Å². The third kappa shape index (κ3) is 3.12. The zero-order valence-corrected chi connectivity index (χ0v) is 13.1. The third-order valence-corrected chi connectivity index (χ3v) is 4.54. The van der Waals surface area contributed by atoms with Crippen molar-refractivity contribution in [1.29, 1.82) is 0 Å². The summed E-state index contributed by atoms with van der Waals surface area (Å²) in [6.45, 7) is 3.03. The SMILES string of the molecule is CNCC[C@H](Oc1cccc2ccoc12)c1ccc(C)s1. The van der Waals surface area contributed by atoms with Crippen LogP contribution in [-0.4, -0.2) is 13.6 Å². The molecule has 3 nitrogen and oxygen atoms in total. The van der Waals surface area contributed by atoms with Crippen LogP contribution in [0.4, 0.5) is 0 Å². The molecule has 0 bridgehead atoms. The summed E-state index contributed by atoms with van der Waals surface area (Å²) in [5.41, 5.74) is 0.820. The van der Waals surface area contributed by atoms with E-state index in [-0.39, 0.29) is 6.10 Å². The summed E-state index contributed by atoms with van der Waals surface area (Å²) < 4.78 is 11.8. The predicted octanol–water partition coefficient (Wildman–Crippen LogP) is 4.53. The molecule has 2 aromatic heterocycles. The van der Waals surface area contributed by atoms with Crippen LogP contribution >= 0.6 is 11.3 Å². The van der Waals surface area contributed by atoms with Crippen LogP contribution in [0.5, 0.6) is 5.75 Å². The zero-order chi connectivity index (χ0) is 14.7. The van der Waals surface area contributed by atoms with Crippen LogP contribution in [0, 0.1) is 6.92 Å². The molecule has 3 rings (SSSR count). The Balaban J connectivity index is 1.88. The molecule has 3 aromatic rings. The van der Waals surface area contributed by atoms with Gasteiger partial charge in [-0.25, -0.2) is 0 Å². The summed E-state index contributed by atoms with van der Waals surface area (Å²) in [5, 5.41) is 4.27. The standard InChI is InChI=1S/C17H19NO2S/c1-12-6-7-16(21-12)14(8-10-18-2)20-15-5-3-4-13-9-11-19-17(13)15/h3-7,9,11,14,18H,8,10H2,1-2H3/t14-/m0/s1. The Morgan fingerprint density at radius 3 is 2.90 bits per heavy atom. The van der Waals surface area contributed by atoms with E-state index in [4.69, 9.17) is 9.15 Å². The second-order valence-electron chi connectivity index (χ2n) is 5.04. The Morgan fingerprint density at radius 1 is 1.24 bits per heavy atom. The zero-order valence-electron chi connectivity index (χ0n) is 12.3. The third-order valence-electron chi connectivity index (χ3n) is 3.45. The van der Waals surface area contributed by atoms with Gasteiger partial charge in [-0.2, -0.15) is 0 Å². The minimum absolute atomic E-state index is 0.0480. The minimum Gasteiger partial charge on any atom is -0.481 e.